The predicted molar refractivity (Wildman–Crippen MR) is 70.2 cm³/mol. The van der Waals surface area contributed by atoms with Gasteiger partial charge in [-0.25, -0.2) is 4.79 Å². The number of para-hydroxylation sites is 1. The number of hydrogen-bond acceptors (Lipinski definition) is 1. The van der Waals surface area contributed by atoms with Gasteiger partial charge in [0.05, 0.1) is 0 Å². The molecule has 92 valence electrons. The summed E-state index contributed by atoms with van der Waals surface area (Å²) in [7, 11) is 0. The van der Waals surface area contributed by atoms with Crippen LogP contribution in [0.5, 0.6) is 0 Å². The normalized spacial score (nSPS) is 20.1. The van der Waals surface area contributed by atoms with Gasteiger partial charge in [-0.2, -0.15) is 0 Å². The van der Waals surface area contributed by atoms with E-state index >= 15 is 0 Å². The minimum Gasteiger partial charge on any atom is -0.322 e. The molecule has 1 fully saturated rings. The molecule has 1 aromatic carbocycles. The van der Waals surface area contributed by atoms with E-state index < -0.39 is 0 Å². The Bertz CT molecular complexity index is 403. The maximum absolute atomic E-state index is 12.1. The van der Waals surface area contributed by atoms with Crippen LogP contribution >= 0.6 is 0 Å². The van der Waals surface area contributed by atoms with Gasteiger partial charge in [-0.1, -0.05) is 18.2 Å². The van der Waals surface area contributed by atoms with Crippen molar-refractivity contribution in [3.63, 3.8) is 0 Å². The molecule has 0 unspecified atom stereocenters. The van der Waals surface area contributed by atoms with E-state index in [2.05, 4.69) is 12.2 Å². The van der Waals surface area contributed by atoms with Crippen LogP contribution in [-0.4, -0.2) is 23.5 Å². The maximum Gasteiger partial charge on any atom is 0.322 e. The van der Waals surface area contributed by atoms with E-state index in [0.29, 0.717) is 6.04 Å². The van der Waals surface area contributed by atoms with Crippen LogP contribution in [0.15, 0.2) is 24.3 Å². The number of nitrogens with one attached hydrogen (secondary N) is 1. The molecule has 3 nitrogen and oxygen atoms in total. The highest BCUT2D eigenvalue weighted by atomic mass is 16.2. The van der Waals surface area contributed by atoms with Gasteiger partial charge in [0.2, 0.25) is 0 Å². The second-order valence-corrected chi connectivity index (χ2v) is 4.78. The van der Waals surface area contributed by atoms with Crippen LogP contribution in [0, 0.1) is 6.92 Å². The van der Waals surface area contributed by atoms with Gasteiger partial charge in [0.25, 0.3) is 0 Å². The van der Waals surface area contributed by atoms with Gasteiger partial charge in [-0.15, -0.1) is 0 Å². The van der Waals surface area contributed by atoms with Crippen LogP contribution in [0.3, 0.4) is 0 Å². The highest BCUT2D eigenvalue weighted by Gasteiger charge is 2.23. The summed E-state index contributed by atoms with van der Waals surface area (Å²) in [6.45, 7) is 5.00. The number of anilines is 1. The first-order valence-electron chi connectivity index (χ1n) is 6.32. The van der Waals surface area contributed by atoms with Crippen LogP contribution < -0.4 is 5.32 Å². The summed E-state index contributed by atoms with van der Waals surface area (Å²) in [4.78, 5) is 14.1. The highest BCUT2D eigenvalue weighted by molar-refractivity contribution is 5.90. The van der Waals surface area contributed by atoms with Crippen molar-refractivity contribution >= 4 is 11.7 Å². The number of carbonyl (C=O) groups is 1. The van der Waals surface area contributed by atoms with E-state index in [1.54, 1.807) is 0 Å². The quantitative estimate of drug-likeness (QED) is 0.790. The van der Waals surface area contributed by atoms with Crippen molar-refractivity contribution in [1.29, 1.82) is 0 Å². The van der Waals surface area contributed by atoms with Gasteiger partial charge in [-0.05, 0) is 44.7 Å². The van der Waals surface area contributed by atoms with Crippen molar-refractivity contribution in [3.05, 3.63) is 29.8 Å². The average molecular weight is 232 g/mol. The molecule has 1 aromatic rings. The fourth-order valence-electron chi connectivity index (χ4n) is 2.30. The smallest absolute Gasteiger partial charge is 0.322 e. The van der Waals surface area contributed by atoms with Crippen LogP contribution in [0.25, 0.3) is 0 Å². The molecule has 2 amide bonds. The Morgan fingerprint density at radius 2 is 2.12 bits per heavy atom. The molecule has 1 aliphatic rings. The molecule has 0 aromatic heterocycles. The first-order chi connectivity index (χ1) is 8.18. The molecule has 1 atom stereocenters. The third kappa shape index (κ3) is 2.78. The van der Waals surface area contributed by atoms with Crippen molar-refractivity contribution in [2.24, 2.45) is 0 Å². The number of likely N-dealkylation sites (tertiary alicyclic amines) is 1. The van der Waals surface area contributed by atoms with Gasteiger partial charge in [0, 0.05) is 18.3 Å². The second-order valence-electron chi connectivity index (χ2n) is 4.78. The lowest BCUT2D eigenvalue weighted by Crippen LogP contribution is -2.44. The Labute approximate surface area is 103 Å². The number of piperidine rings is 1. The summed E-state index contributed by atoms with van der Waals surface area (Å²) < 4.78 is 0. The van der Waals surface area contributed by atoms with Gasteiger partial charge in [-0.3, -0.25) is 0 Å². The van der Waals surface area contributed by atoms with Crippen LogP contribution in [0.4, 0.5) is 10.5 Å². The van der Waals surface area contributed by atoms with Gasteiger partial charge >= 0.3 is 6.03 Å². The number of aryl methyl sites for hydroxylation is 1. The highest BCUT2D eigenvalue weighted by Crippen LogP contribution is 2.19. The third-order valence-corrected chi connectivity index (χ3v) is 3.45. The van der Waals surface area contributed by atoms with Crippen molar-refractivity contribution in [3.8, 4) is 0 Å². The number of amides is 2. The molecule has 0 radical (unpaired) electrons. The minimum atomic E-state index is 0.0338. The zero-order chi connectivity index (χ0) is 12.3. The van der Waals surface area contributed by atoms with E-state index in [9.17, 15) is 4.79 Å². The Kier molecular flexibility index (Phi) is 3.67. The number of carbonyl (C=O) groups excluding carboxylic acids is 1. The number of rotatable bonds is 1. The lowest BCUT2D eigenvalue weighted by molar-refractivity contribution is 0.170. The zero-order valence-corrected chi connectivity index (χ0v) is 10.6. The van der Waals surface area contributed by atoms with Crippen LogP contribution in [0.1, 0.15) is 31.7 Å². The molecule has 3 heteroatoms. The van der Waals surface area contributed by atoms with Crippen molar-refractivity contribution in [2.75, 3.05) is 11.9 Å². The molecule has 1 saturated heterocycles. The predicted octanol–water partition coefficient (Wildman–Crippen LogP) is 3.40. The monoisotopic (exact) mass is 232 g/mol. The Hall–Kier alpha value is -1.51. The lowest BCUT2D eigenvalue weighted by atomic mass is 10.0. The molecule has 2 rings (SSSR count). The van der Waals surface area contributed by atoms with Crippen molar-refractivity contribution < 1.29 is 4.79 Å². The van der Waals surface area contributed by atoms with Crippen molar-refractivity contribution in [2.45, 2.75) is 39.2 Å². The third-order valence-electron chi connectivity index (χ3n) is 3.45. The van der Waals surface area contributed by atoms with Gasteiger partial charge in [0.15, 0.2) is 0 Å². The lowest BCUT2D eigenvalue weighted by Gasteiger charge is -2.33. The maximum atomic E-state index is 12.1. The molecule has 0 spiro atoms. The summed E-state index contributed by atoms with van der Waals surface area (Å²) in [5.41, 5.74) is 2.01. The van der Waals surface area contributed by atoms with Crippen molar-refractivity contribution in [1.82, 2.24) is 4.90 Å². The number of urea groups is 1. The topological polar surface area (TPSA) is 32.3 Å². The summed E-state index contributed by atoms with van der Waals surface area (Å²) in [5, 5.41) is 3.00. The fourth-order valence-corrected chi connectivity index (χ4v) is 2.30. The van der Waals surface area contributed by atoms with Crippen LogP contribution in [-0.2, 0) is 0 Å². The largest absolute Gasteiger partial charge is 0.322 e. The molecule has 0 aliphatic carbocycles. The number of benzene rings is 1. The Morgan fingerprint density at radius 1 is 1.35 bits per heavy atom. The molecular formula is C14H20N2O. The summed E-state index contributed by atoms with van der Waals surface area (Å²) in [5.74, 6) is 0. The summed E-state index contributed by atoms with van der Waals surface area (Å²) in [6.07, 6.45) is 3.46. The second kappa shape index (κ2) is 5.21. The zero-order valence-electron chi connectivity index (χ0n) is 10.6. The van der Waals surface area contributed by atoms with E-state index in [0.717, 1.165) is 30.6 Å². The molecule has 0 bridgehead atoms. The molecular weight excluding hydrogens is 212 g/mol. The van der Waals surface area contributed by atoms with Crippen LogP contribution in [0.2, 0.25) is 0 Å². The number of hydrogen-bond donors (Lipinski definition) is 1. The van der Waals surface area contributed by atoms with Gasteiger partial charge in [0.1, 0.15) is 0 Å². The molecule has 17 heavy (non-hydrogen) atoms. The number of nitrogens with zero attached hydrogens (tertiary/aromatic N) is 1. The molecule has 1 heterocycles. The first kappa shape index (κ1) is 12.0. The summed E-state index contributed by atoms with van der Waals surface area (Å²) >= 11 is 0. The summed E-state index contributed by atoms with van der Waals surface area (Å²) in [6, 6.07) is 8.27. The van der Waals surface area contributed by atoms with E-state index in [4.69, 9.17) is 0 Å². The van der Waals surface area contributed by atoms with E-state index in [1.165, 1.54) is 6.42 Å². The molecule has 1 aliphatic heterocycles. The Morgan fingerprint density at radius 3 is 2.82 bits per heavy atom. The Balaban J connectivity index is 2.03. The SMILES string of the molecule is Cc1ccccc1NC(=O)N1CCCC[C@H]1C. The average Bonchev–Trinajstić information content (AvgIpc) is 2.32. The molecule has 0 saturated carbocycles. The van der Waals surface area contributed by atoms with Gasteiger partial charge < -0.3 is 10.2 Å². The minimum absolute atomic E-state index is 0.0338. The first-order valence-corrected chi connectivity index (χ1v) is 6.32. The van der Waals surface area contributed by atoms with E-state index in [1.807, 2.05) is 36.1 Å². The van der Waals surface area contributed by atoms with E-state index in [-0.39, 0.29) is 6.03 Å². The fraction of sp³-hybridized carbons (Fsp3) is 0.500. The standard InChI is InChI=1S/C14H20N2O/c1-11-7-3-4-9-13(11)15-14(17)16-10-6-5-8-12(16)2/h3-4,7,9,12H,5-6,8,10H2,1-2H3,(H,15,17)/t12-/m1/s1. The molecule has 1 N–H and O–H groups in total.